The Hall–Kier alpha value is -3.37. The van der Waals surface area contributed by atoms with Gasteiger partial charge in [-0.3, -0.25) is 13.9 Å². The van der Waals surface area contributed by atoms with Crippen molar-refractivity contribution in [3.05, 3.63) is 88.4 Å². The second kappa shape index (κ2) is 12.9. The number of likely N-dealkylation sites (N-methyl/N-ethyl adjacent to an activating group) is 1. The van der Waals surface area contributed by atoms with E-state index >= 15 is 0 Å². The molecular weight excluding hydrogens is 570 g/mol. The third kappa shape index (κ3) is 7.14. The molecule has 0 aliphatic carbocycles. The number of amides is 2. The molecule has 3 aromatic rings. The number of hydrogen-bond acceptors (Lipinski definition) is 5. The van der Waals surface area contributed by atoms with Crippen molar-refractivity contribution in [2.45, 2.75) is 38.3 Å². The molecule has 0 spiro atoms. The Labute approximate surface area is 232 Å². The van der Waals surface area contributed by atoms with Crippen LogP contribution in [0.4, 0.5) is 5.69 Å². The first-order chi connectivity index (χ1) is 18.1. The van der Waals surface area contributed by atoms with Gasteiger partial charge in [-0.05, 0) is 68.8 Å². The number of benzene rings is 3. The average molecular weight is 603 g/mol. The van der Waals surface area contributed by atoms with E-state index in [2.05, 4.69) is 21.2 Å². The molecule has 1 N–H and O–H groups in total. The standard InChI is InChI=1S/C28H32BrN3O5S/c1-5-30-28(34)21(3)31(18-22-8-6-11-25(16-22)37-4)27(33)19-32(24-10-7-9-23(29)17-24)38(35,36)26-14-12-20(2)13-15-26/h6-17,21H,5,18-19H2,1-4H3,(H,30,34)/t21-/m0/s1. The van der Waals surface area contributed by atoms with E-state index in [-0.39, 0.29) is 17.3 Å². The SMILES string of the molecule is CCNC(=O)[C@H](C)N(Cc1cccc(OC)c1)C(=O)CN(c1cccc(Br)c1)S(=O)(=O)c1ccc(C)cc1. The van der Waals surface area contributed by atoms with Crippen molar-refractivity contribution in [3.8, 4) is 5.75 Å². The van der Waals surface area contributed by atoms with E-state index in [0.29, 0.717) is 22.5 Å². The number of nitrogens with one attached hydrogen (secondary N) is 1. The molecule has 0 fully saturated rings. The Morgan fingerprint density at radius 3 is 2.34 bits per heavy atom. The Morgan fingerprint density at radius 2 is 1.71 bits per heavy atom. The third-order valence-corrected chi connectivity index (χ3v) is 8.27. The number of hydrogen-bond donors (Lipinski definition) is 1. The highest BCUT2D eigenvalue weighted by Gasteiger charge is 2.32. The Bertz CT molecular complexity index is 1380. The van der Waals surface area contributed by atoms with Crippen LogP contribution in [0.15, 0.2) is 82.2 Å². The van der Waals surface area contributed by atoms with E-state index in [0.717, 1.165) is 15.4 Å². The lowest BCUT2D eigenvalue weighted by atomic mass is 10.1. The molecule has 0 saturated heterocycles. The zero-order valence-corrected chi connectivity index (χ0v) is 24.3. The largest absolute Gasteiger partial charge is 0.497 e. The van der Waals surface area contributed by atoms with Gasteiger partial charge in [0.2, 0.25) is 11.8 Å². The van der Waals surface area contributed by atoms with Crippen LogP contribution in [0, 0.1) is 6.92 Å². The molecule has 2 amide bonds. The van der Waals surface area contributed by atoms with Crippen molar-refractivity contribution in [1.82, 2.24) is 10.2 Å². The van der Waals surface area contributed by atoms with E-state index < -0.39 is 28.5 Å². The van der Waals surface area contributed by atoms with Gasteiger partial charge in [0.1, 0.15) is 18.3 Å². The number of halogens is 1. The lowest BCUT2D eigenvalue weighted by Crippen LogP contribution is -2.51. The topological polar surface area (TPSA) is 96.0 Å². The van der Waals surface area contributed by atoms with Crippen LogP contribution in [-0.4, -0.2) is 51.4 Å². The molecule has 0 bridgehead atoms. The molecule has 0 radical (unpaired) electrons. The first kappa shape index (κ1) is 29.2. The molecule has 0 saturated carbocycles. The van der Waals surface area contributed by atoms with Crippen molar-refractivity contribution in [2.24, 2.45) is 0 Å². The van der Waals surface area contributed by atoms with E-state index in [1.54, 1.807) is 75.6 Å². The lowest BCUT2D eigenvalue weighted by Gasteiger charge is -2.32. The molecular formula is C28H32BrN3O5S. The second-order valence-electron chi connectivity index (χ2n) is 8.75. The summed E-state index contributed by atoms with van der Waals surface area (Å²) < 4.78 is 34.7. The zero-order chi connectivity index (χ0) is 27.9. The van der Waals surface area contributed by atoms with Crippen LogP contribution in [0.2, 0.25) is 0 Å². The number of ether oxygens (including phenoxy) is 1. The molecule has 202 valence electrons. The fourth-order valence-electron chi connectivity index (χ4n) is 3.87. The summed E-state index contributed by atoms with van der Waals surface area (Å²) in [7, 11) is -2.56. The molecule has 0 aliphatic heterocycles. The van der Waals surface area contributed by atoms with Crippen LogP contribution in [0.1, 0.15) is 25.0 Å². The minimum absolute atomic E-state index is 0.0620. The quantitative estimate of drug-likeness (QED) is 0.349. The van der Waals surface area contributed by atoms with Gasteiger partial charge in [-0.2, -0.15) is 0 Å². The predicted octanol–water partition coefficient (Wildman–Crippen LogP) is 4.51. The van der Waals surface area contributed by atoms with Gasteiger partial charge in [0.05, 0.1) is 17.7 Å². The third-order valence-electron chi connectivity index (χ3n) is 5.99. The van der Waals surface area contributed by atoms with E-state index in [1.807, 2.05) is 13.0 Å². The molecule has 0 unspecified atom stereocenters. The van der Waals surface area contributed by atoms with Gasteiger partial charge < -0.3 is 15.0 Å². The first-order valence-corrected chi connectivity index (χ1v) is 14.3. The number of methoxy groups -OCH3 is 1. The summed E-state index contributed by atoms with van der Waals surface area (Å²) in [6.45, 7) is 5.27. The minimum Gasteiger partial charge on any atom is -0.497 e. The van der Waals surface area contributed by atoms with Crippen molar-refractivity contribution < 1.29 is 22.7 Å². The molecule has 0 aliphatic rings. The van der Waals surface area contributed by atoms with Crippen molar-refractivity contribution in [1.29, 1.82) is 0 Å². The highest BCUT2D eigenvalue weighted by Crippen LogP contribution is 2.27. The maximum Gasteiger partial charge on any atom is 0.264 e. The predicted molar refractivity (Wildman–Crippen MR) is 152 cm³/mol. The van der Waals surface area contributed by atoms with E-state index in [1.165, 1.54) is 17.0 Å². The van der Waals surface area contributed by atoms with Gasteiger partial charge in [-0.15, -0.1) is 0 Å². The minimum atomic E-state index is -4.11. The van der Waals surface area contributed by atoms with Gasteiger partial charge in [0.15, 0.2) is 0 Å². The molecule has 8 nitrogen and oxygen atoms in total. The zero-order valence-electron chi connectivity index (χ0n) is 21.8. The van der Waals surface area contributed by atoms with Crippen LogP contribution >= 0.6 is 15.9 Å². The summed E-state index contributed by atoms with van der Waals surface area (Å²) in [5.74, 6) is -0.250. The Morgan fingerprint density at radius 1 is 1.03 bits per heavy atom. The summed E-state index contributed by atoms with van der Waals surface area (Å²) in [5, 5.41) is 2.75. The molecule has 0 aromatic heterocycles. The van der Waals surface area contributed by atoms with E-state index in [4.69, 9.17) is 4.74 Å². The summed E-state index contributed by atoms with van der Waals surface area (Å²) >= 11 is 3.39. The van der Waals surface area contributed by atoms with Gasteiger partial charge in [0.25, 0.3) is 10.0 Å². The second-order valence-corrected chi connectivity index (χ2v) is 11.5. The smallest absolute Gasteiger partial charge is 0.264 e. The number of carbonyl (C=O) groups is 2. The first-order valence-electron chi connectivity index (χ1n) is 12.1. The maximum atomic E-state index is 13.8. The fraction of sp³-hybridized carbons (Fsp3) is 0.286. The number of aryl methyl sites for hydroxylation is 1. The van der Waals surface area contributed by atoms with Gasteiger partial charge in [-0.1, -0.05) is 51.8 Å². The van der Waals surface area contributed by atoms with Crippen LogP contribution in [0.25, 0.3) is 0 Å². The van der Waals surface area contributed by atoms with Crippen molar-refractivity contribution in [2.75, 3.05) is 24.5 Å². The molecule has 3 aromatic carbocycles. The van der Waals surface area contributed by atoms with Crippen molar-refractivity contribution in [3.63, 3.8) is 0 Å². The normalized spacial score (nSPS) is 11.9. The Balaban J connectivity index is 2.03. The molecule has 38 heavy (non-hydrogen) atoms. The number of carbonyl (C=O) groups excluding carboxylic acids is 2. The van der Waals surface area contributed by atoms with Crippen molar-refractivity contribution >= 4 is 43.5 Å². The lowest BCUT2D eigenvalue weighted by molar-refractivity contribution is -0.139. The maximum absolute atomic E-state index is 13.8. The average Bonchev–Trinajstić information content (AvgIpc) is 2.90. The molecule has 3 rings (SSSR count). The van der Waals surface area contributed by atoms with Crippen LogP contribution < -0.4 is 14.4 Å². The van der Waals surface area contributed by atoms with Crippen LogP contribution in [0.3, 0.4) is 0 Å². The summed E-state index contributed by atoms with van der Waals surface area (Å²) in [6, 6.07) is 19.5. The Kier molecular flexibility index (Phi) is 9.93. The summed E-state index contributed by atoms with van der Waals surface area (Å²) in [5.41, 5.74) is 1.97. The fourth-order valence-corrected chi connectivity index (χ4v) is 5.66. The van der Waals surface area contributed by atoms with Crippen LogP contribution in [0.5, 0.6) is 5.75 Å². The number of sulfonamides is 1. The monoisotopic (exact) mass is 601 g/mol. The molecule has 1 atom stereocenters. The molecule has 10 heteroatoms. The van der Waals surface area contributed by atoms with Crippen LogP contribution in [-0.2, 0) is 26.2 Å². The van der Waals surface area contributed by atoms with E-state index in [9.17, 15) is 18.0 Å². The highest BCUT2D eigenvalue weighted by molar-refractivity contribution is 9.10. The number of anilines is 1. The number of nitrogens with zero attached hydrogens (tertiary/aromatic N) is 2. The van der Waals surface area contributed by atoms with Gasteiger partial charge in [-0.25, -0.2) is 8.42 Å². The highest BCUT2D eigenvalue weighted by atomic mass is 79.9. The summed E-state index contributed by atoms with van der Waals surface area (Å²) in [4.78, 5) is 28.1. The summed E-state index contributed by atoms with van der Waals surface area (Å²) in [6.07, 6.45) is 0. The number of rotatable bonds is 11. The van der Waals surface area contributed by atoms with Gasteiger partial charge in [0, 0.05) is 17.6 Å². The molecule has 0 heterocycles. The van der Waals surface area contributed by atoms with Gasteiger partial charge >= 0.3 is 0 Å².